The summed E-state index contributed by atoms with van der Waals surface area (Å²) in [7, 11) is -2.09. The second-order valence-electron chi connectivity index (χ2n) is 4.62. The quantitative estimate of drug-likeness (QED) is 0.792. The summed E-state index contributed by atoms with van der Waals surface area (Å²) in [6.45, 7) is 2.36. The van der Waals surface area contributed by atoms with Crippen LogP contribution in [0.4, 0.5) is 0 Å². The standard InChI is InChI=1S/C14H16ClN3O2S/c1-3-11-4-6-12(7-5-11)10-18(2)21(19,20)13-8-16-14(15)17-9-13/h4-9H,3,10H2,1-2H3. The largest absolute Gasteiger partial charge is 0.246 e. The van der Waals surface area contributed by atoms with Gasteiger partial charge < -0.3 is 0 Å². The van der Waals surface area contributed by atoms with Crippen LogP contribution in [0.3, 0.4) is 0 Å². The minimum Gasteiger partial charge on any atom is -0.225 e. The van der Waals surface area contributed by atoms with Crippen molar-refractivity contribution in [2.45, 2.75) is 24.8 Å². The van der Waals surface area contributed by atoms with Gasteiger partial charge in [-0.15, -0.1) is 0 Å². The molecule has 0 aliphatic rings. The van der Waals surface area contributed by atoms with Gasteiger partial charge in [0, 0.05) is 13.6 Å². The molecule has 1 heterocycles. The maximum Gasteiger partial charge on any atom is 0.246 e. The lowest BCUT2D eigenvalue weighted by atomic mass is 10.1. The first-order valence-electron chi connectivity index (χ1n) is 6.45. The number of aryl methyl sites for hydroxylation is 1. The minimum atomic E-state index is -3.62. The smallest absolute Gasteiger partial charge is 0.225 e. The lowest BCUT2D eigenvalue weighted by Crippen LogP contribution is -2.26. The van der Waals surface area contributed by atoms with E-state index in [1.807, 2.05) is 24.3 Å². The van der Waals surface area contributed by atoms with Crippen LogP contribution in [0.15, 0.2) is 41.6 Å². The maximum atomic E-state index is 12.4. The Bertz CT molecular complexity index is 700. The van der Waals surface area contributed by atoms with Crippen molar-refractivity contribution in [3.05, 3.63) is 53.1 Å². The summed E-state index contributed by atoms with van der Waals surface area (Å²) in [6, 6.07) is 7.87. The maximum absolute atomic E-state index is 12.4. The van der Waals surface area contributed by atoms with Crippen LogP contribution in [-0.4, -0.2) is 29.7 Å². The number of benzene rings is 1. The van der Waals surface area contributed by atoms with Crippen LogP contribution in [-0.2, 0) is 23.0 Å². The number of sulfonamides is 1. The highest BCUT2D eigenvalue weighted by atomic mass is 35.5. The first kappa shape index (κ1) is 15.9. The molecule has 0 aliphatic carbocycles. The highest BCUT2D eigenvalue weighted by Crippen LogP contribution is 2.16. The SMILES string of the molecule is CCc1ccc(CN(C)S(=O)(=O)c2cnc(Cl)nc2)cc1. The summed E-state index contributed by atoms with van der Waals surface area (Å²) in [5.41, 5.74) is 2.14. The Morgan fingerprint density at radius 3 is 2.14 bits per heavy atom. The summed E-state index contributed by atoms with van der Waals surface area (Å²) in [4.78, 5) is 7.44. The molecular weight excluding hydrogens is 310 g/mol. The molecule has 0 saturated carbocycles. The van der Waals surface area contributed by atoms with Gasteiger partial charge in [0.15, 0.2) is 0 Å². The topological polar surface area (TPSA) is 63.2 Å². The van der Waals surface area contributed by atoms with E-state index in [1.54, 1.807) is 0 Å². The summed E-state index contributed by atoms with van der Waals surface area (Å²) in [5.74, 6) is 0. The molecular formula is C14H16ClN3O2S. The molecule has 1 aromatic heterocycles. The lowest BCUT2D eigenvalue weighted by Gasteiger charge is -2.17. The number of nitrogens with zero attached hydrogens (tertiary/aromatic N) is 3. The van der Waals surface area contributed by atoms with Gasteiger partial charge in [0.1, 0.15) is 4.90 Å². The molecule has 1 aromatic carbocycles. The third-order valence-corrected chi connectivity index (χ3v) is 5.09. The summed E-state index contributed by atoms with van der Waals surface area (Å²) in [6.07, 6.45) is 3.37. The molecule has 0 bridgehead atoms. The zero-order valence-corrected chi connectivity index (χ0v) is 13.4. The van der Waals surface area contributed by atoms with E-state index >= 15 is 0 Å². The fraction of sp³-hybridized carbons (Fsp3) is 0.286. The number of hydrogen-bond acceptors (Lipinski definition) is 4. The highest BCUT2D eigenvalue weighted by Gasteiger charge is 2.21. The third kappa shape index (κ3) is 3.78. The molecule has 2 rings (SSSR count). The van der Waals surface area contributed by atoms with Crippen molar-refractivity contribution >= 4 is 21.6 Å². The average Bonchev–Trinajstić information content (AvgIpc) is 2.48. The van der Waals surface area contributed by atoms with Gasteiger partial charge >= 0.3 is 0 Å². The molecule has 21 heavy (non-hydrogen) atoms. The van der Waals surface area contributed by atoms with Gasteiger partial charge in [0.25, 0.3) is 0 Å². The lowest BCUT2D eigenvalue weighted by molar-refractivity contribution is 0.466. The Balaban J connectivity index is 2.17. The first-order valence-corrected chi connectivity index (χ1v) is 8.27. The van der Waals surface area contributed by atoms with Gasteiger partial charge in [0.2, 0.25) is 15.3 Å². The molecule has 0 aliphatic heterocycles. The molecule has 0 amide bonds. The molecule has 0 fully saturated rings. The van der Waals surface area contributed by atoms with Crippen LogP contribution >= 0.6 is 11.6 Å². The highest BCUT2D eigenvalue weighted by molar-refractivity contribution is 7.89. The second-order valence-corrected chi connectivity index (χ2v) is 7.00. The fourth-order valence-electron chi connectivity index (χ4n) is 1.84. The van der Waals surface area contributed by atoms with Crippen LogP contribution in [0, 0.1) is 0 Å². The predicted octanol–water partition coefficient (Wildman–Crippen LogP) is 2.51. The zero-order chi connectivity index (χ0) is 15.5. The van der Waals surface area contributed by atoms with Gasteiger partial charge in [-0.25, -0.2) is 18.4 Å². The normalized spacial score (nSPS) is 11.8. The number of rotatable bonds is 5. The van der Waals surface area contributed by atoms with E-state index in [4.69, 9.17) is 11.6 Å². The monoisotopic (exact) mass is 325 g/mol. The van der Waals surface area contributed by atoms with Crippen LogP contribution in [0.25, 0.3) is 0 Å². The Morgan fingerprint density at radius 1 is 1.10 bits per heavy atom. The minimum absolute atomic E-state index is 0.0201. The molecule has 0 atom stereocenters. The summed E-state index contributed by atoms with van der Waals surface area (Å²) >= 11 is 5.57. The fourth-order valence-corrected chi connectivity index (χ4v) is 2.98. The molecule has 2 aromatic rings. The van der Waals surface area contributed by atoms with Crippen molar-refractivity contribution in [1.29, 1.82) is 0 Å². The summed E-state index contributed by atoms with van der Waals surface area (Å²) in [5, 5.41) is 0.0201. The molecule has 0 radical (unpaired) electrons. The van der Waals surface area contributed by atoms with Crippen LogP contribution in [0.1, 0.15) is 18.1 Å². The van der Waals surface area contributed by atoms with E-state index in [0.717, 1.165) is 12.0 Å². The Kier molecular flexibility index (Phi) is 4.92. The van der Waals surface area contributed by atoms with Gasteiger partial charge in [-0.2, -0.15) is 4.31 Å². The third-order valence-electron chi connectivity index (χ3n) is 3.14. The second kappa shape index (κ2) is 6.51. The van der Waals surface area contributed by atoms with Gasteiger partial charge in [-0.1, -0.05) is 31.2 Å². The molecule has 0 unspecified atom stereocenters. The van der Waals surface area contributed by atoms with Crippen molar-refractivity contribution in [3.8, 4) is 0 Å². The van der Waals surface area contributed by atoms with Crippen molar-refractivity contribution in [1.82, 2.24) is 14.3 Å². The van der Waals surface area contributed by atoms with E-state index in [0.29, 0.717) is 0 Å². The van der Waals surface area contributed by atoms with Gasteiger partial charge in [-0.05, 0) is 29.1 Å². The first-order chi connectivity index (χ1) is 9.93. The van der Waals surface area contributed by atoms with Crippen molar-refractivity contribution < 1.29 is 8.42 Å². The number of aromatic nitrogens is 2. The van der Waals surface area contributed by atoms with Crippen molar-refractivity contribution in [2.75, 3.05) is 7.05 Å². The molecule has 5 nitrogen and oxygen atoms in total. The van der Waals surface area contributed by atoms with Gasteiger partial charge in [-0.3, -0.25) is 0 Å². The van der Waals surface area contributed by atoms with E-state index in [2.05, 4.69) is 16.9 Å². The van der Waals surface area contributed by atoms with Crippen molar-refractivity contribution in [3.63, 3.8) is 0 Å². The average molecular weight is 326 g/mol. The zero-order valence-electron chi connectivity index (χ0n) is 11.8. The van der Waals surface area contributed by atoms with E-state index in [-0.39, 0.29) is 16.7 Å². The predicted molar refractivity (Wildman–Crippen MR) is 81.5 cm³/mol. The number of halogens is 1. The van der Waals surface area contributed by atoms with Gasteiger partial charge in [0.05, 0.1) is 12.4 Å². The Labute approximate surface area is 129 Å². The Morgan fingerprint density at radius 2 is 1.62 bits per heavy atom. The molecule has 0 N–H and O–H groups in total. The molecule has 7 heteroatoms. The van der Waals surface area contributed by atoms with Crippen LogP contribution < -0.4 is 0 Å². The van der Waals surface area contributed by atoms with E-state index in [9.17, 15) is 8.42 Å². The molecule has 0 spiro atoms. The molecule has 0 saturated heterocycles. The summed E-state index contributed by atoms with van der Waals surface area (Å²) < 4.78 is 26.0. The van der Waals surface area contributed by atoms with Crippen LogP contribution in [0.5, 0.6) is 0 Å². The number of hydrogen-bond donors (Lipinski definition) is 0. The van der Waals surface area contributed by atoms with Crippen LogP contribution in [0.2, 0.25) is 5.28 Å². The van der Waals surface area contributed by atoms with Crippen molar-refractivity contribution in [2.24, 2.45) is 0 Å². The van der Waals surface area contributed by atoms with E-state index in [1.165, 1.54) is 29.3 Å². The Hall–Kier alpha value is -1.50. The molecule has 112 valence electrons. The van der Waals surface area contributed by atoms with E-state index < -0.39 is 10.0 Å².